The van der Waals surface area contributed by atoms with Crippen LogP contribution in [0.25, 0.3) is 0 Å². The molecule has 4 heteroatoms. The van der Waals surface area contributed by atoms with Crippen LogP contribution >= 0.6 is 38.5 Å². The molecule has 0 heterocycles. The fourth-order valence-electron chi connectivity index (χ4n) is 2.24. The second-order valence-electron chi connectivity index (χ2n) is 4.94. The molecule has 1 unspecified atom stereocenters. The zero-order valence-corrected chi connectivity index (χ0v) is 15.3. The SMILES string of the molecule is CCCCCCCCC(NN)c1cc(I)ccc1Br. The average Bonchev–Trinajstić information content (AvgIpc) is 2.41. The van der Waals surface area contributed by atoms with Gasteiger partial charge in [0.1, 0.15) is 0 Å². The standard InChI is InChI=1S/C15H24BrIN2/c1-2-3-4-5-6-7-8-15(19-18)13-11-12(17)9-10-14(13)16/h9-11,15,19H,2-8,18H2,1H3. The van der Waals surface area contributed by atoms with E-state index < -0.39 is 0 Å². The lowest BCUT2D eigenvalue weighted by Crippen LogP contribution is -2.28. The van der Waals surface area contributed by atoms with Crippen LogP contribution in [0, 0.1) is 3.57 Å². The van der Waals surface area contributed by atoms with Crippen molar-refractivity contribution in [3.05, 3.63) is 31.8 Å². The Balaban J connectivity index is 2.42. The molecule has 0 saturated carbocycles. The Morgan fingerprint density at radius 2 is 1.89 bits per heavy atom. The van der Waals surface area contributed by atoms with Gasteiger partial charge in [-0.15, -0.1) is 0 Å². The largest absolute Gasteiger partial charge is 0.271 e. The van der Waals surface area contributed by atoms with Crippen molar-refractivity contribution in [1.29, 1.82) is 0 Å². The van der Waals surface area contributed by atoms with Crippen molar-refractivity contribution in [2.24, 2.45) is 5.84 Å². The number of unbranched alkanes of at least 4 members (excludes halogenated alkanes) is 5. The number of halogens is 2. The molecule has 3 N–H and O–H groups in total. The summed E-state index contributed by atoms with van der Waals surface area (Å²) in [6, 6.07) is 6.65. The molecule has 19 heavy (non-hydrogen) atoms. The normalized spacial score (nSPS) is 12.6. The van der Waals surface area contributed by atoms with Crippen LogP contribution < -0.4 is 11.3 Å². The fraction of sp³-hybridized carbons (Fsp3) is 0.600. The van der Waals surface area contributed by atoms with Crippen LogP contribution in [-0.4, -0.2) is 0 Å². The first kappa shape index (κ1) is 17.4. The Hall–Kier alpha value is 0.350. The summed E-state index contributed by atoms with van der Waals surface area (Å²) in [5.41, 5.74) is 4.22. The Morgan fingerprint density at radius 3 is 2.58 bits per heavy atom. The number of hydrogen-bond acceptors (Lipinski definition) is 2. The molecule has 0 fully saturated rings. The van der Waals surface area contributed by atoms with E-state index >= 15 is 0 Å². The van der Waals surface area contributed by atoms with Gasteiger partial charge in [0.05, 0.1) is 0 Å². The molecule has 1 aromatic carbocycles. The minimum atomic E-state index is 0.246. The third kappa shape index (κ3) is 6.56. The van der Waals surface area contributed by atoms with Crippen LogP contribution in [0.3, 0.4) is 0 Å². The van der Waals surface area contributed by atoms with Crippen LogP contribution in [0.2, 0.25) is 0 Å². The summed E-state index contributed by atoms with van der Waals surface area (Å²) < 4.78 is 2.39. The summed E-state index contributed by atoms with van der Waals surface area (Å²) in [5, 5.41) is 0. The first-order valence-corrected chi connectivity index (χ1v) is 8.97. The number of nitrogens with two attached hydrogens (primary N) is 1. The molecule has 0 bridgehead atoms. The van der Waals surface area contributed by atoms with Gasteiger partial charge in [-0.3, -0.25) is 11.3 Å². The van der Waals surface area contributed by atoms with Gasteiger partial charge < -0.3 is 0 Å². The van der Waals surface area contributed by atoms with Crippen LogP contribution in [0.1, 0.15) is 63.5 Å². The highest BCUT2D eigenvalue weighted by molar-refractivity contribution is 14.1. The lowest BCUT2D eigenvalue weighted by molar-refractivity contribution is 0.475. The van der Waals surface area contributed by atoms with Crippen molar-refractivity contribution >= 4 is 38.5 Å². The molecule has 0 aliphatic carbocycles. The van der Waals surface area contributed by atoms with Crippen molar-refractivity contribution < 1.29 is 0 Å². The molecule has 0 aromatic heterocycles. The second-order valence-corrected chi connectivity index (χ2v) is 7.04. The maximum atomic E-state index is 5.71. The smallest absolute Gasteiger partial charge is 0.0471 e. The Kier molecular flexibility index (Phi) is 9.28. The molecule has 2 nitrogen and oxygen atoms in total. The third-order valence-corrected chi connectivity index (χ3v) is 4.77. The first-order chi connectivity index (χ1) is 9.19. The van der Waals surface area contributed by atoms with Crippen molar-refractivity contribution in [1.82, 2.24) is 5.43 Å². The Morgan fingerprint density at radius 1 is 1.21 bits per heavy atom. The average molecular weight is 439 g/mol. The predicted molar refractivity (Wildman–Crippen MR) is 94.9 cm³/mol. The molecule has 0 aliphatic heterocycles. The molecule has 0 spiro atoms. The molecular weight excluding hydrogens is 415 g/mol. The van der Waals surface area contributed by atoms with Gasteiger partial charge in [-0.05, 0) is 52.8 Å². The van der Waals surface area contributed by atoms with Crippen molar-refractivity contribution in [2.75, 3.05) is 0 Å². The summed E-state index contributed by atoms with van der Waals surface area (Å²) in [6.45, 7) is 2.25. The van der Waals surface area contributed by atoms with E-state index in [0.717, 1.165) is 10.9 Å². The number of hydrogen-bond donors (Lipinski definition) is 2. The molecule has 1 atom stereocenters. The number of benzene rings is 1. The maximum Gasteiger partial charge on any atom is 0.0471 e. The maximum absolute atomic E-state index is 5.71. The van der Waals surface area contributed by atoms with E-state index in [1.54, 1.807) is 0 Å². The minimum Gasteiger partial charge on any atom is -0.271 e. The van der Waals surface area contributed by atoms with Gasteiger partial charge in [-0.2, -0.15) is 0 Å². The first-order valence-electron chi connectivity index (χ1n) is 7.10. The van der Waals surface area contributed by atoms with Crippen LogP contribution in [0.4, 0.5) is 0 Å². The second kappa shape index (κ2) is 10.1. The van der Waals surface area contributed by atoms with Gasteiger partial charge in [0.2, 0.25) is 0 Å². The Bertz CT molecular complexity index is 371. The summed E-state index contributed by atoms with van der Waals surface area (Å²) in [6.07, 6.45) is 9.02. The van der Waals surface area contributed by atoms with Gasteiger partial charge in [0, 0.05) is 14.1 Å². The van der Waals surface area contributed by atoms with E-state index in [2.05, 4.69) is 69.1 Å². The predicted octanol–water partition coefficient (Wildman–Crippen LogP) is 5.31. The number of nitrogens with one attached hydrogen (secondary N) is 1. The number of rotatable bonds is 9. The van der Waals surface area contributed by atoms with Crippen LogP contribution in [0.5, 0.6) is 0 Å². The highest BCUT2D eigenvalue weighted by Gasteiger charge is 2.13. The van der Waals surface area contributed by atoms with Crippen molar-refractivity contribution in [2.45, 2.75) is 57.9 Å². The fourth-order valence-corrected chi connectivity index (χ4v) is 3.28. The van der Waals surface area contributed by atoms with E-state index in [4.69, 9.17) is 5.84 Å². The minimum absolute atomic E-state index is 0.246. The van der Waals surface area contributed by atoms with Gasteiger partial charge in [0.25, 0.3) is 0 Å². The zero-order valence-electron chi connectivity index (χ0n) is 11.6. The van der Waals surface area contributed by atoms with E-state index in [1.165, 1.54) is 47.7 Å². The monoisotopic (exact) mass is 438 g/mol. The molecule has 108 valence electrons. The van der Waals surface area contributed by atoms with Gasteiger partial charge in [-0.1, -0.05) is 61.4 Å². The summed E-state index contributed by atoms with van der Waals surface area (Å²) in [5.74, 6) is 5.71. The Labute approximate surface area is 139 Å². The highest BCUT2D eigenvalue weighted by Crippen LogP contribution is 2.28. The third-order valence-electron chi connectivity index (χ3n) is 3.38. The zero-order chi connectivity index (χ0) is 14.1. The molecule has 1 aromatic rings. The van der Waals surface area contributed by atoms with Crippen LogP contribution in [-0.2, 0) is 0 Å². The van der Waals surface area contributed by atoms with Gasteiger partial charge in [-0.25, -0.2) is 0 Å². The lowest BCUT2D eigenvalue weighted by Gasteiger charge is -2.18. The lowest BCUT2D eigenvalue weighted by atomic mass is 10.00. The van der Waals surface area contributed by atoms with Crippen molar-refractivity contribution in [3.8, 4) is 0 Å². The van der Waals surface area contributed by atoms with E-state index in [1.807, 2.05) is 0 Å². The molecular formula is C15H24BrIN2. The molecule has 0 saturated heterocycles. The van der Waals surface area contributed by atoms with E-state index in [0.29, 0.717) is 0 Å². The summed E-state index contributed by atoms with van der Waals surface area (Å²) >= 11 is 5.96. The molecule has 0 amide bonds. The quantitative estimate of drug-likeness (QED) is 0.237. The number of hydrazine groups is 1. The van der Waals surface area contributed by atoms with E-state index in [9.17, 15) is 0 Å². The van der Waals surface area contributed by atoms with Crippen LogP contribution in [0.15, 0.2) is 22.7 Å². The van der Waals surface area contributed by atoms with Gasteiger partial charge >= 0.3 is 0 Å². The molecule has 0 aliphatic rings. The van der Waals surface area contributed by atoms with E-state index in [-0.39, 0.29) is 6.04 Å². The topological polar surface area (TPSA) is 38.0 Å². The van der Waals surface area contributed by atoms with Gasteiger partial charge in [0.15, 0.2) is 0 Å². The highest BCUT2D eigenvalue weighted by atomic mass is 127. The summed E-state index contributed by atoms with van der Waals surface area (Å²) in [4.78, 5) is 0. The molecule has 1 rings (SSSR count). The van der Waals surface area contributed by atoms with Crippen molar-refractivity contribution in [3.63, 3.8) is 0 Å². The molecule has 0 radical (unpaired) electrons. The summed E-state index contributed by atoms with van der Waals surface area (Å²) in [7, 11) is 0.